The number of hydrogen-bond donors (Lipinski definition) is 0. The maximum atomic E-state index is 12.2. The van der Waals surface area contributed by atoms with Gasteiger partial charge in [-0.2, -0.15) is 0 Å². The fourth-order valence-corrected chi connectivity index (χ4v) is 2.52. The summed E-state index contributed by atoms with van der Waals surface area (Å²) in [6, 6.07) is 0.349. The molecule has 0 heterocycles. The highest BCUT2D eigenvalue weighted by Gasteiger charge is 2.28. The summed E-state index contributed by atoms with van der Waals surface area (Å²) >= 11 is 0. The molecular formula is C13H25NO. The fourth-order valence-electron chi connectivity index (χ4n) is 2.52. The summed E-state index contributed by atoms with van der Waals surface area (Å²) < 4.78 is 0. The van der Waals surface area contributed by atoms with Crippen molar-refractivity contribution in [1.29, 1.82) is 0 Å². The molecule has 88 valence electrons. The van der Waals surface area contributed by atoms with Gasteiger partial charge in [-0.25, -0.2) is 0 Å². The lowest BCUT2D eigenvalue weighted by atomic mass is 9.82. The van der Waals surface area contributed by atoms with E-state index in [0.29, 0.717) is 17.9 Å². The van der Waals surface area contributed by atoms with Crippen molar-refractivity contribution in [2.75, 3.05) is 6.54 Å². The van der Waals surface area contributed by atoms with E-state index >= 15 is 0 Å². The van der Waals surface area contributed by atoms with Crippen molar-refractivity contribution in [3.05, 3.63) is 0 Å². The second-order valence-electron chi connectivity index (χ2n) is 5.17. The molecule has 15 heavy (non-hydrogen) atoms. The van der Waals surface area contributed by atoms with Crippen LogP contribution in [-0.2, 0) is 4.79 Å². The maximum absolute atomic E-state index is 12.2. The van der Waals surface area contributed by atoms with Crippen LogP contribution in [0.15, 0.2) is 0 Å². The topological polar surface area (TPSA) is 20.3 Å². The lowest BCUT2D eigenvalue weighted by Crippen LogP contribution is -2.41. The van der Waals surface area contributed by atoms with Crippen molar-refractivity contribution in [3.8, 4) is 0 Å². The lowest BCUT2D eigenvalue weighted by molar-refractivity contribution is -0.138. The third-order valence-corrected chi connectivity index (χ3v) is 3.61. The van der Waals surface area contributed by atoms with Gasteiger partial charge in [0.15, 0.2) is 0 Å². The van der Waals surface area contributed by atoms with Gasteiger partial charge < -0.3 is 4.90 Å². The molecule has 2 nitrogen and oxygen atoms in total. The number of carbonyl (C=O) groups excluding carboxylic acids is 1. The molecule has 0 unspecified atom stereocenters. The normalized spacial score (nSPS) is 26.7. The van der Waals surface area contributed by atoms with Gasteiger partial charge in [-0.1, -0.05) is 6.92 Å². The molecule has 1 amide bonds. The predicted molar refractivity (Wildman–Crippen MR) is 63.6 cm³/mol. The van der Waals surface area contributed by atoms with Gasteiger partial charge in [-0.15, -0.1) is 0 Å². The summed E-state index contributed by atoms with van der Waals surface area (Å²) in [5.74, 6) is 1.52. The quantitative estimate of drug-likeness (QED) is 0.702. The van der Waals surface area contributed by atoms with Crippen LogP contribution in [0.5, 0.6) is 0 Å². The Labute approximate surface area is 94.0 Å². The van der Waals surface area contributed by atoms with Gasteiger partial charge in [0.2, 0.25) is 5.91 Å². The Morgan fingerprint density at radius 1 is 1.27 bits per heavy atom. The van der Waals surface area contributed by atoms with E-state index in [1.165, 1.54) is 12.8 Å². The molecular weight excluding hydrogens is 186 g/mol. The molecule has 0 N–H and O–H groups in total. The zero-order valence-corrected chi connectivity index (χ0v) is 10.6. The van der Waals surface area contributed by atoms with Gasteiger partial charge in [0.05, 0.1) is 0 Å². The average Bonchev–Trinajstić information content (AvgIpc) is 2.19. The largest absolute Gasteiger partial charge is 0.340 e. The monoisotopic (exact) mass is 211 g/mol. The van der Waals surface area contributed by atoms with Crippen LogP contribution in [-0.4, -0.2) is 23.4 Å². The second kappa shape index (κ2) is 5.53. The Bertz CT molecular complexity index is 205. The molecule has 0 bridgehead atoms. The van der Waals surface area contributed by atoms with Gasteiger partial charge in [-0.3, -0.25) is 4.79 Å². The predicted octanol–water partition coefficient (Wildman–Crippen LogP) is 3.07. The first-order valence-corrected chi connectivity index (χ1v) is 6.36. The minimum atomic E-state index is 0.309. The molecule has 0 saturated heterocycles. The van der Waals surface area contributed by atoms with E-state index in [0.717, 1.165) is 25.3 Å². The Morgan fingerprint density at radius 2 is 1.80 bits per heavy atom. The van der Waals surface area contributed by atoms with Crippen LogP contribution in [0.1, 0.15) is 53.4 Å². The number of amides is 1. The standard InChI is InChI=1S/C13H25NO/c1-5-14(10(2)3)13(15)12-8-6-11(4)7-9-12/h10-12H,5-9H2,1-4H3. The molecule has 0 radical (unpaired) electrons. The molecule has 1 fully saturated rings. The summed E-state index contributed by atoms with van der Waals surface area (Å²) in [5.41, 5.74) is 0. The molecule has 0 atom stereocenters. The van der Waals surface area contributed by atoms with E-state index < -0.39 is 0 Å². The van der Waals surface area contributed by atoms with Crippen LogP contribution in [0.3, 0.4) is 0 Å². The van der Waals surface area contributed by atoms with Crippen LogP contribution >= 0.6 is 0 Å². The molecule has 0 spiro atoms. The molecule has 0 aliphatic heterocycles. The third kappa shape index (κ3) is 3.22. The zero-order chi connectivity index (χ0) is 11.4. The Balaban J connectivity index is 2.52. The zero-order valence-electron chi connectivity index (χ0n) is 10.6. The lowest BCUT2D eigenvalue weighted by Gasteiger charge is -2.32. The first-order valence-electron chi connectivity index (χ1n) is 6.36. The molecule has 1 aliphatic carbocycles. The number of carbonyl (C=O) groups is 1. The Kier molecular flexibility index (Phi) is 4.62. The highest BCUT2D eigenvalue weighted by Crippen LogP contribution is 2.29. The van der Waals surface area contributed by atoms with Gasteiger partial charge >= 0.3 is 0 Å². The first kappa shape index (κ1) is 12.5. The maximum Gasteiger partial charge on any atom is 0.225 e. The summed E-state index contributed by atoms with van der Waals surface area (Å²) in [7, 11) is 0. The fraction of sp³-hybridized carbons (Fsp3) is 0.923. The molecule has 1 rings (SSSR count). The Hall–Kier alpha value is -0.530. The minimum absolute atomic E-state index is 0.309. The summed E-state index contributed by atoms with van der Waals surface area (Å²) in [4.78, 5) is 14.2. The van der Waals surface area contributed by atoms with Gasteiger partial charge in [0, 0.05) is 18.5 Å². The van der Waals surface area contributed by atoms with Gasteiger partial charge in [0.25, 0.3) is 0 Å². The van der Waals surface area contributed by atoms with Crippen molar-refractivity contribution in [2.45, 2.75) is 59.4 Å². The highest BCUT2D eigenvalue weighted by atomic mass is 16.2. The summed E-state index contributed by atoms with van der Waals surface area (Å²) in [5, 5.41) is 0. The van der Waals surface area contributed by atoms with Crippen LogP contribution < -0.4 is 0 Å². The number of rotatable bonds is 3. The minimum Gasteiger partial charge on any atom is -0.340 e. The van der Waals surface area contributed by atoms with Gasteiger partial charge in [0.1, 0.15) is 0 Å². The molecule has 2 heteroatoms. The van der Waals surface area contributed by atoms with Gasteiger partial charge in [-0.05, 0) is 52.4 Å². The van der Waals surface area contributed by atoms with E-state index in [4.69, 9.17) is 0 Å². The van der Waals surface area contributed by atoms with Crippen molar-refractivity contribution in [3.63, 3.8) is 0 Å². The van der Waals surface area contributed by atoms with E-state index in [2.05, 4.69) is 27.7 Å². The molecule has 0 aromatic carbocycles. The van der Waals surface area contributed by atoms with E-state index in [9.17, 15) is 4.79 Å². The summed E-state index contributed by atoms with van der Waals surface area (Å²) in [6.07, 6.45) is 4.66. The van der Waals surface area contributed by atoms with Crippen LogP contribution in [0, 0.1) is 11.8 Å². The third-order valence-electron chi connectivity index (χ3n) is 3.61. The van der Waals surface area contributed by atoms with E-state index in [1.807, 2.05) is 4.90 Å². The van der Waals surface area contributed by atoms with Crippen molar-refractivity contribution in [1.82, 2.24) is 4.90 Å². The average molecular weight is 211 g/mol. The van der Waals surface area contributed by atoms with E-state index in [-0.39, 0.29) is 0 Å². The van der Waals surface area contributed by atoms with Crippen molar-refractivity contribution in [2.24, 2.45) is 11.8 Å². The Morgan fingerprint density at radius 3 is 2.20 bits per heavy atom. The van der Waals surface area contributed by atoms with Crippen molar-refractivity contribution >= 4 is 5.91 Å². The smallest absolute Gasteiger partial charge is 0.225 e. The van der Waals surface area contributed by atoms with E-state index in [1.54, 1.807) is 0 Å². The molecule has 1 saturated carbocycles. The molecule has 0 aromatic rings. The van der Waals surface area contributed by atoms with Crippen LogP contribution in [0.25, 0.3) is 0 Å². The van der Waals surface area contributed by atoms with Crippen molar-refractivity contribution < 1.29 is 4.79 Å². The van der Waals surface area contributed by atoms with Crippen LogP contribution in [0.4, 0.5) is 0 Å². The molecule has 1 aliphatic rings. The summed E-state index contributed by atoms with van der Waals surface area (Å²) in [6.45, 7) is 9.42. The van der Waals surface area contributed by atoms with Crippen LogP contribution in [0.2, 0.25) is 0 Å². The number of nitrogens with zero attached hydrogens (tertiary/aromatic N) is 1. The molecule has 0 aromatic heterocycles. The second-order valence-corrected chi connectivity index (χ2v) is 5.17. The first-order chi connectivity index (χ1) is 7.06. The number of hydrogen-bond acceptors (Lipinski definition) is 1. The SMILES string of the molecule is CCN(C(=O)C1CCC(C)CC1)C(C)C. The highest BCUT2D eigenvalue weighted by molar-refractivity contribution is 5.79.